The van der Waals surface area contributed by atoms with Gasteiger partial charge in [-0.15, -0.1) is 24.0 Å². The molecule has 3 rings (SSSR count). The van der Waals surface area contributed by atoms with Gasteiger partial charge in [0.15, 0.2) is 5.96 Å². The van der Waals surface area contributed by atoms with E-state index in [2.05, 4.69) is 20.5 Å². The number of carbonyl (C=O) groups is 1. The van der Waals surface area contributed by atoms with E-state index in [-0.39, 0.29) is 30.0 Å². The largest absolute Gasteiger partial charge is 0.468 e. The lowest BCUT2D eigenvalue weighted by Crippen LogP contribution is -2.44. The number of likely N-dealkylation sites (tertiary alicyclic amines) is 1. The van der Waals surface area contributed by atoms with Crippen molar-refractivity contribution in [1.82, 2.24) is 15.5 Å². The van der Waals surface area contributed by atoms with Crippen molar-refractivity contribution in [2.24, 2.45) is 4.99 Å². The number of methoxy groups -OCH3 is 1. The molecule has 166 valence electrons. The molecule has 2 aromatic rings. The van der Waals surface area contributed by atoms with Crippen molar-refractivity contribution in [1.29, 1.82) is 0 Å². The van der Waals surface area contributed by atoms with Gasteiger partial charge >= 0.3 is 5.97 Å². The Balaban J connectivity index is 0.00000320. The van der Waals surface area contributed by atoms with Crippen molar-refractivity contribution in [2.75, 3.05) is 33.8 Å². The lowest BCUT2D eigenvalue weighted by molar-refractivity contribution is 0.0599. The van der Waals surface area contributed by atoms with Crippen molar-refractivity contribution in [2.45, 2.75) is 38.8 Å². The molecule has 8 nitrogen and oxygen atoms in total. The number of piperidine rings is 1. The van der Waals surface area contributed by atoms with E-state index >= 15 is 0 Å². The second kappa shape index (κ2) is 12.0. The highest BCUT2D eigenvalue weighted by Crippen LogP contribution is 2.24. The number of hydrogen-bond acceptors (Lipinski definition) is 6. The average Bonchev–Trinajstić information content (AvgIpc) is 3.40. The van der Waals surface area contributed by atoms with Gasteiger partial charge in [-0.05, 0) is 51.1 Å². The van der Waals surface area contributed by atoms with Gasteiger partial charge in [0.05, 0.1) is 26.0 Å². The molecule has 1 saturated heterocycles. The van der Waals surface area contributed by atoms with Crippen LogP contribution in [0.25, 0.3) is 0 Å². The van der Waals surface area contributed by atoms with Crippen LogP contribution in [0, 0.1) is 6.92 Å². The number of halogens is 1. The Morgan fingerprint density at radius 3 is 2.70 bits per heavy atom. The van der Waals surface area contributed by atoms with Gasteiger partial charge < -0.3 is 24.2 Å². The van der Waals surface area contributed by atoms with E-state index in [9.17, 15) is 4.79 Å². The second-order valence-electron chi connectivity index (χ2n) is 7.11. The van der Waals surface area contributed by atoms with E-state index in [1.54, 1.807) is 26.3 Å². The van der Waals surface area contributed by atoms with E-state index in [1.165, 1.54) is 26.4 Å². The summed E-state index contributed by atoms with van der Waals surface area (Å²) in [5, 5.41) is 6.62. The maximum atomic E-state index is 11.7. The fourth-order valence-corrected chi connectivity index (χ4v) is 3.65. The Morgan fingerprint density at radius 2 is 2.07 bits per heavy atom. The van der Waals surface area contributed by atoms with Crippen LogP contribution in [0.15, 0.2) is 38.3 Å². The molecule has 3 heterocycles. The molecule has 9 heteroatoms. The molecule has 0 aromatic carbocycles. The van der Waals surface area contributed by atoms with Crippen LogP contribution in [0.5, 0.6) is 0 Å². The van der Waals surface area contributed by atoms with E-state index in [4.69, 9.17) is 13.6 Å². The number of guanidine groups is 1. The maximum absolute atomic E-state index is 11.7. The van der Waals surface area contributed by atoms with Crippen molar-refractivity contribution in [3.05, 3.63) is 47.3 Å². The van der Waals surface area contributed by atoms with Crippen LogP contribution in [-0.4, -0.2) is 50.6 Å². The molecule has 1 unspecified atom stereocenters. The summed E-state index contributed by atoms with van der Waals surface area (Å²) in [5.74, 6) is 2.40. The second-order valence-corrected chi connectivity index (χ2v) is 7.11. The minimum Gasteiger partial charge on any atom is -0.468 e. The molecule has 30 heavy (non-hydrogen) atoms. The molecule has 0 saturated carbocycles. The number of nitrogens with zero attached hydrogens (tertiary/aromatic N) is 2. The molecular weight excluding hydrogens is 499 g/mol. The monoisotopic (exact) mass is 530 g/mol. The van der Waals surface area contributed by atoms with Crippen molar-refractivity contribution >= 4 is 35.9 Å². The summed E-state index contributed by atoms with van der Waals surface area (Å²) in [6, 6.07) is 5.80. The molecule has 1 aliphatic heterocycles. The highest BCUT2D eigenvalue weighted by atomic mass is 127. The van der Waals surface area contributed by atoms with Crippen molar-refractivity contribution in [3.8, 4) is 0 Å². The zero-order valence-electron chi connectivity index (χ0n) is 17.8. The number of carbonyl (C=O) groups excluding carboxylic acids is 1. The number of aliphatic imine (C=N–C) groups is 1. The van der Waals surface area contributed by atoms with Gasteiger partial charge in [-0.3, -0.25) is 9.89 Å². The summed E-state index contributed by atoms with van der Waals surface area (Å²) in [5.41, 5.74) is 0.440. The molecule has 1 atom stereocenters. The van der Waals surface area contributed by atoms with E-state index in [0.29, 0.717) is 36.1 Å². The summed E-state index contributed by atoms with van der Waals surface area (Å²) in [7, 11) is 3.08. The van der Waals surface area contributed by atoms with Crippen LogP contribution in [0.4, 0.5) is 0 Å². The van der Waals surface area contributed by atoms with Gasteiger partial charge in [0.1, 0.15) is 22.8 Å². The Bertz CT molecular complexity index is 813. The summed E-state index contributed by atoms with van der Waals surface area (Å²) in [6.45, 7) is 4.97. The number of nitrogens with one attached hydrogen (secondary N) is 2. The number of esters is 1. The maximum Gasteiger partial charge on any atom is 0.341 e. The Labute approximate surface area is 194 Å². The van der Waals surface area contributed by atoms with E-state index < -0.39 is 5.97 Å². The molecule has 0 amide bonds. The minimum absolute atomic E-state index is 0. The topological polar surface area (TPSA) is 92.2 Å². The molecule has 0 radical (unpaired) electrons. The fourth-order valence-electron chi connectivity index (χ4n) is 3.65. The smallest absolute Gasteiger partial charge is 0.341 e. The van der Waals surface area contributed by atoms with E-state index in [1.807, 2.05) is 12.1 Å². The van der Waals surface area contributed by atoms with Gasteiger partial charge in [-0.2, -0.15) is 0 Å². The lowest BCUT2D eigenvalue weighted by Gasteiger charge is -2.33. The molecule has 2 N–H and O–H groups in total. The first-order valence-corrected chi connectivity index (χ1v) is 10.0. The molecule has 2 aromatic heterocycles. The molecule has 0 bridgehead atoms. The summed E-state index contributed by atoms with van der Waals surface area (Å²) in [4.78, 5) is 18.5. The van der Waals surface area contributed by atoms with Crippen LogP contribution in [0.2, 0.25) is 0 Å². The fraction of sp³-hybridized carbons (Fsp3) is 0.524. The first kappa shape index (κ1) is 24.3. The predicted octanol–water partition coefficient (Wildman–Crippen LogP) is 3.48. The van der Waals surface area contributed by atoms with Crippen LogP contribution in [0.3, 0.4) is 0 Å². The van der Waals surface area contributed by atoms with Gasteiger partial charge in [0.25, 0.3) is 0 Å². The minimum atomic E-state index is -0.400. The molecule has 1 aliphatic rings. The molecule has 0 aliphatic carbocycles. The van der Waals surface area contributed by atoms with Crippen LogP contribution < -0.4 is 10.6 Å². The van der Waals surface area contributed by atoms with Crippen LogP contribution >= 0.6 is 24.0 Å². The standard InChI is InChI=1S/C21H30N4O4.HI/c1-15-17(20(26)27-3)12-16(29-15)13-23-21(22-2)24-14-18(19-8-7-11-28-19)25-9-5-4-6-10-25;/h7-8,11-12,18H,4-6,9-10,13-14H2,1-3H3,(H2,22,23,24);1H. The Hall–Kier alpha value is -2.01. The number of aryl methyl sites for hydroxylation is 1. The predicted molar refractivity (Wildman–Crippen MR) is 125 cm³/mol. The summed E-state index contributed by atoms with van der Waals surface area (Å²) in [6.07, 6.45) is 5.43. The van der Waals surface area contributed by atoms with Gasteiger partial charge in [-0.1, -0.05) is 6.42 Å². The Morgan fingerprint density at radius 1 is 1.30 bits per heavy atom. The molecule has 1 fully saturated rings. The third-order valence-corrected chi connectivity index (χ3v) is 5.19. The number of rotatable bonds is 7. The number of ether oxygens (including phenoxy) is 1. The SMILES string of the molecule is CN=C(NCc1cc(C(=O)OC)c(C)o1)NCC(c1ccco1)N1CCCCC1.I. The first-order chi connectivity index (χ1) is 14.1. The zero-order chi connectivity index (χ0) is 20.6. The van der Waals surface area contributed by atoms with E-state index in [0.717, 1.165) is 18.8 Å². The average molecular weight is 530 g/mol. The normalized spacial score (nSPS) is 15.9. The van der Waals surface area contributed by atoms with Crippen molar-refractivity contribution < 1.29 is 18.4 Å². The molecule has 0 spiro atoms. The van der Waals surface area contributed by atoms with Gasteiger partial charge in [0, 0.05) is 13.6 Å². The quantitative estimate of drug-likeness (QED) is 0.245. The van der Waals surface area contributed by atoms with Crippen LogP contribution in [0.1, 0.15) is 52.9 Å². The highest BCUT2D eigenvalue weighted by molar-refractivity contribution is 14.0. The number of furan rings is 2. The first-order valence-electron chi connectivity index (χ1n) is 10.0. The highest BCUT2D eigenvalue weighted by Gasteiger charge is 2.24. The van der Waals surface area contributed by atoms with Gasteiger partial charge in [0.2, 0.25) is 0 Å². The summed E-state index contributed by atoms with van der Waals surface area (Å²) >= 11 is 0. The van der Waals surface area contributed by atoms with Gasteiger partial charge in [-0.25, -0.2) is 4.79 Å². The zero-order valence-corrected chi connectivity index (χ0v) is 20.1. The lowest BCUT2D eigenvalue weighted by atomic mass is 10.1. The summed E-state index contributed by atoms with van der Waals surface area (Å²) < 4.78 is 16.1. The Kier molecular flexibility index (Phi) is 9.70. The number of hydrogen-bond donors (Lipinski definition) is 2. The molecular formula is C21H31IN4O4. The van der Waals surface area contributed by atoms with Crippen LogP contribution in [-0.2, 0) is 11.3 Å². The third-order valence-electron chi connectivity index (χ3n) is 5.19. The third kappa shape index (κ3) is 6.24. The van der Waals surface area contributed by atoms with Crippen molar-refractivity contribution in [3.63, 3.8) is 0 Å².